The van der Waals surface area contributed by atoms with Gasteiger partial charge in [-0.1, -0.05) is 18.2 Å². The van der Waals surface area contributed by atoms with Gasteiger partial charge < -0.3 is 5.32 Å². The SMILES string of the molecule is CC(=O)c1ccc2c(c1)CCN2.CC(=O)c1ccc2c(c1)CCN2S(=O)(=O)c1ccccc1. The Labute approximate surface area is 194 Å². The minimum atomic E-state index is -3.54. The number of ketones is 2. The third kappa shape index (κ3) is 4.68. The number of anilines is 2. The first-order valence-electron chi connectivity index (χ1n) is 10.9. The van der Waals surface area contributed by atoms with Crippen molar-refractivity contribution in [2.24, 2.45) is 0 Å². The van der Waals surface area contributed by atoms with Crippen LogP contribution in [0.25, 0.3) is 0 Å². The Morgan fingerprint density at radius 2 is 1.45 bits per heavy atom. The molecule has 7 heteroatoms. The zero-order valence-corrected chi connectivity index (χ0v) is 19.5. The summed E-state index contributed by atoms with van der Waals surface area (Å²) in [5, 5.41) is 3.25. The van der Waals surface area contributed by atoms with Gasteiger partial charge in [0, 0.05) is 29.9 Å². The summed E-state index contributed by atoms with van der Waals surface area (Å²) in [6.45, 7) is 4.52. The molecule has 0 radical (unpaired) electrons. The van der Waals surface area contributed by atoms with Crippen molar-refractivity contribution in [3.8, 4) is 0 Å². The smallest absolute Gasteiger partial charge is 0.264 e. The second-order valence-electron chi connectivity index (χ2n) is 8.14. The Morgan fingerprint density at radius 3 is 2.12 bits per heavy atom. The summed E-state index contributed by atoms with van der Waals surface area (Å²) < 4.78 is 26.8. The lowest BCUT2D eigenvalue weighted by atomic mass is 10.1. The summed E-state index contributed by atoms with van der Waals surface area (Å²) in [6.07, 6.45) is 1.67. The van der Waals surface area contributed by atoms with E-state index in [1.165, 1.54) is 22.5 Å². The Morgan fingerprint density at radius 1 is 0.818 bits per heavy atom. The lowest BCUT2D eigenvalue weighted by Gasteiger charge is -2.19. The molecular formula is C26H26N2O4S. The van der Waals surface area contributed by atoms with Gasteiger partial charge >= 0.3 is 0 Å². The molecule has 1 N–H and O–H groups in total. The Hall–Kier alpha value is -3.45. The Kier molecular flexibility index (Phi) is 6.33. The van der Waals surface area contributed by atoms with Crippen molar-refractivity contribution in [1.82, 2.24) is 0 Å². The number of hydrogen-bond donors (Lipinski definition) is 1. The molecule has 0 bridgehead atoms. The lowest BCUT2D eigenvalue weighted by molar-refractivity contribution is 0.100. The van der Waals surface area contributed by atoms with Crippen LogP contribution in [0, 0.1) is 0 Å². The Bertz CT molecular complexity index is 1320. The molecule has 3 aromatic rings. The third-order valence-electron chi connectivity index (χ3n) is 5.89. The molecular weight excluding hydrogens is 436 g/mol. The predicted molar refractivity (Wildman–Crippen MR) is 130 cm³/mol. The quantitative estimate of drug-likeness (QED) is 0.578. The van der Waals surface area contributed by atoms with Gasteiger partial charge in [0.2, 0.25) is 0 Å². The van der Waals surface area contributed by atoms with Crippen LogP contribution in [0.15, 0.2) is 71.6 Å². The topological polar surface area (TPSA) is 83.6 Å². The number of fused-ring (bicyclic) bond motifs is 2. The number of nitrogens with zero attached hydrogens (tertiary/aromatic N) is 1. The molecule has 0 saturated carbocycles. The maximum Gasteiger partial charge on any atom is 0.264 e. The molecule has 0 aliphatic carbocycles. The molecule has 0 saturated heterocycles. The molecule has 0 fully saturated rings. The summed E-state index contributed by atoms with van der Waals surface area (Å²) in [5.41, 5.74) is 5.46. The maximum atomic E-state index is 12.7. The van der Waals surface area contributed by atoms with E-state index in [1.807, 2.05) is 18.2 Å². The van der Waals surface area contributed by atoms with E-state index in [0.29, 0.717) is 24.2 Å². The highest BCUT2D eigenvalue weighted by atomic mass is 32.2. The van der Waals surface area contributed by atoms with E-state index in [2.05, 4.69) is 5.32 Å². The highest BCUT2D eigenvalue weighted by molar-refractivity contribution is 7.92. The molecule has 0 spiro atoms. The van der Waals surface area contributed by atoms with Crippen LogP contribution in [0.4, 0.5) is 11.4 Å². The summed E-state index contributed by atoms with van der Waals surface area (Å²) in [5.74, 6) is 0.131. The van der Waals surface area contributed by atoms with Crippen LogP contribution in [0.2, 0.25) is 0 Å². The fraction of sp³-hybridized carbons (Fsp3) is 0.231. The van der Waals surface area contributed by atoms with Gasteiger partial charge in [-0.2, -0.15) is 0 Å². The van der Waals surface area contributed by atoms with Gasteiger partial charge in [0.15, 0.2) is 11.6 Å². The second kappa shape index (κ2) is 9.19. The molecule has 6 nitrogen and oxygen atoms in total. The summed E-state index contributed by atoms with van der Waals surface area (Å²) in [7, 11) is -3.54. The average molecular weight is 463 g/mol. The molecule has 5 rings (SSSR count). The normalized spacial score (nSPS) is 13.9. The largest absolute Gasteiger partial charge is 0.384 e. The van der Waals surface area contributed by atoms with Gasteiger partial charge in [-0.15, -0.1) is 0 Å². The highest BCUT2D eigenvalue weighted by Crippen LogP contribution is 2.33. The van der Waals surface area contributed by atoms with Crippen molar-refractivity contribution < 1.29 is 18.0 Å². The van der Waals surface area contributed by atoms with Crippen molar-refractivity contribution in [1.29, 1.82) is 0 Å². The van der Waals surface area contributed by atoms with Crippen LogP contribution >= 0.6 is 0 Å². The zero-order valence-electron chi connectivity index (χ0n) is 18.7. The van der Waals surface area contributed by atoms with E-state index < -0.39 is 10.0 Å². The zero-order chi connectivity index (χ0) is 23.6. The number of hydrogen-bond acceptors (Lipinski definition) is 5. The second-order valence-corrected chi connectivity index (χ2v) is 10.0. The minimum Gasteiger partial charge on any atom is -0.384 e. The van der Waals surface area contributed by atoms with E-state index in [4.69, 9.17) is 0 Å². The molecule has 33 heavy (non-hydrogen) atoms. The van der Waals surface area contributed by atoms with Gasteiger partial charge in [0.05, 0.1) is 10.6 Å². The summed E-state index contributed by atoms with van der Waals surface area (Å²) in [4.78, 5) is 22.7. The first kappa shape index (κ1) is 22.7. The minimum absolute atomic E-state index is 0.0119. The number of carbonyl (C=O) groups excluding carboxylic acids is 2. The van der Waals surface area contributed by atoms with Crippen molar-refractivity contribution in [3.63, 3.8) is 0 Å². The standard InChI is InChI=1S/C16H15NO3S.C10H11NO/c1-12(18)13-7-8-16-14(11-13)9-10-17(16)21(19,20)15-5-3-2-4-6-15;1-7(12)8-2-3-10-9(6-8)4-5-11-10/h2-8,11H,9-10H2,1H3;2-3,6,11H,4-5H2,1H3. The molecule has 0 aromatic heterocycles. The molecule has 2 aliphatic rings. The van der Waals surface area contributed by atoms with Crippen LogP contribution in [0.3, 0.4) is 0 Å². The summed E-state index contributed by atoms with van der Waals surface area (Å²) >= 11 is 0. The monoisotopic (exact) mass is 462 g/mol. The lowest BCUT2D eigenvalue weighted by Crippen LogP contribution is -2.29. The van der Waals surface area contributed by atoms with Crippen LogP contribution in [0.5, 0.6) is 0 Å². The highest BCUT2D eigenvalue weighted by Gasteiger charge is 2.30. The van der Waals surface area contributed by atoms with Crippen LogP contribution in [0.1, 0.15) is 45.7 Å². The molecule has 3 aromatic carbocycles. The summed E-state index contributed by atoms with van der Waals surface area (Å²) in [6, 6.07) is 19.4. The molecule has 0 amide bonds. The number of sulfonamides is 1. The van der Waals surface area contributed by atoms with E-state index in [1.54, 1.807) is 55.5 Å². The molecule has 0 unspecified atom stereocenters. The van der Waals surface area contributed by atoms with E-state index in [-0.39, 0.29) is 16.5 Å². The van der Waals surface area contributed by atoms with E-state index >= 15 is 0 Å². The van der Waals surface area contributed by atoms with Crippen LogP contribution < -0.4 is 9.62 Å². The molecule has 2 aliphatic heterocycles. The van der Waals surface area contributed by atoms with Gasteiger partial charge in [0.1, 0.15) is 0 Å². The average Bonchev–Trinajstić information content (AvgIpc) is 3.46. The predicted octanol–water partition coefficient (Wildman–Crippen LogP) is 4.50. The molecule has 0 atom stereocenters. The number of carbonyl (C=O) groups is 2. The first-order chi connectivity index (χ1) is 15.8. The fourth-order valence-corrected chi connectivity index (χ4v) is 5.61. The van der Waals surface area contributed by atoms with Gasteiger partial charge in [0.25, 0.3) is 10.0 Å². The van der Waals surface area contributed by atoms with E-state index in [0.717, 1.165) is 24.1 Å². The number of benzene rings is 3. The number of rotatable bonds is 4. The van der Waals surface area contributed by atoms with Crippen molar-refractivity contribution in [2.75, 3.05) is 22.7 Å². The Balaban J connectivity index is 0.000000183. The van der Waals surface area contributed by atoms with Crippen molar-refractivity contribution >= 4 is 33.0 Å². The van der Waals surface area contributed by atoms with E-state index in [9.17, 15) is 18.0 Å². The number of Topliss-reactive ketones (excluding diaryl/α,β-unsaturated/α-hetero) is 2. The van der Waals surface area contributed by atoms with Crippen molar-refractivity contribution in [2.45, 2.75) is 31.6 Å². The maximum absolute atomic E-state index is 12.7. The van der Waals surface area contributed by atoms with Gasteiger partial charge in [-0.05, 0) is 86.3 Å². The molecule has 2 heterocycles. The third-order valence-corrected chi connectivity index (χ3v) is 7.72. The van der Waals surface area contributed by atoms with Gasteiger partial charge in [-0.25, -0.2) is 8.42 Å². The fourth-order valence-electron chi connectivity index (χ4n) is 4.08. The first-order valence-corrected chi connectivity index (χ1v) is 12.3. The van der Waals surface area contributed by atoms with Crippen molar-refractivity contribution in [3.05, 3.63) is 89.0 Å². The van der Waals surface area contributed by atoms with Crippen LogP contribution in [-0.4, -0.2) is 33.1 Å². The number of nitrogens with one attached hydrogen (secondary N) is 1. The van der Waals surface area contributed by atoms with Crippen LogP contribution in [-0.2, 0) is 22.9 Å². The molecule has 170 valence electrons. The van der Waals surface area contributed by atoms with Gasteiger partial charge in [-0.3, -0.25) is 13.9 Å².